The predicted molar refractivity (Wildman–Crippen MR) is 103 cm³/mol. The first-order valence-electron chi connectivity index (χ1n) is 8.63. The molecule has 0 aliphatic carbocycles. The zero-order valence-corrected chi connectivity index (χ0v) is 15.4. The number of anilines is 1. The van der Waals surface area contributed by atoms with Crippen molar-refractivity contribution in [3.63, 3.8) is 0 Å². The van der Waals surface area contributed by atoms with E-state index in [-0.39, 0.29) is 12.0 Å². The van der Waals surface area contributed by atoms with Gasteiger partial charge in [-0.15, -0.1) is 11.8 Å². The highest BCUT2D eigenvalue weighted by Gasteiger charge is 2.31. The van der Waals surface area contributed by atoms with Gasteiger partial charge in [-0.2, -0.15) is 5.10 Å². The van der Waals surface area contributed by atoms with Gasteiger partial charge in [-0.05, 0) is 19.1 Å². The van der Waals surface area contributed by atoms with E-state index in [1.807, 2.05) is 0 Å². The summed E-state index contributed by atoms with van der Waals surface area (Å²) in [5, 5.41) is 17.7. The Labute approximate surface area is 156 Å². The average Bonchev–Trinajstić information content (AvgIpc) is 3.19. The normalized spacial score (nSPS) is 20.8. The number of hydrogen-bond acceptors (Lipinski definition) is 7. The summed E-state index contributed by atoms with van der Waals surface area (Å²) in [6, 6.07) is 8.52. The average molecular weight is 370 g/mol. The molecule has 7 nitrogen and oxygen atoms in total. The number of β-amino-alcohol motifs (C(OH)–C–C–N with tert-alkyl or cyclic N) is 1. The van der Waals surface area contributed by atoms with Crippen LogP contribution in [0, 0.1) is 12.8 Å². The number of fused-ring (bicyclic) bond motifs is 1. The molecule has 0 saturated carbocycles. The number of nitrogens with zero attached hydrogens (tertiary/aromatic N) is 4. The monoisotopic (exact) mass is 370 g/mol. The molecular weight excluding hydrogens is 348 g/mol. The van der Waals surface area contributed by atoms with E-state index < -0.39 is 0 Å². The van der Waals surface area contributed by atoms with Crippen LogP contribution < -0.4 is 5.73 Å². The Kier molecular flexibility index (Phi) is 4.80. The number of nitrogens with two attached hydrogens (primary N) is 1. The van der Waals surface area contributed by atoms with E-state index in [0.717, 1.165) is 23.5 Å². The molecule has 4 rings (SSSR count). The van der Waals surface area contributed by atoms with Crippen molar-refractivity contribution in [2.24, 2.45) is 5.92 Å². The van der Waals surface area contributed by atoms with Gasteiger partial charge in [0.05, 0.1) is 11.8 Å². The van der Waals surface area contributed by atoms with Crippen molar-refractivity contribution < 1.29 is 5.11 Å². The summed E-state index contributed by atoms with van der Waals surface area (Å²) in [6.45, 7) is 4.25. The SMILES string of the molecule is Cc1ccc(SC[C@@H]2CN(Cc3[nH]nc4c(N)ncnc34)C[C@H]2O)cc1. The molecule has 2 atom stereocenters. The summed E-state index contributed by atoms with van der Waals surface area (Å²) in [5.74, 6) is 1.53. The van der Waals surface area contributed by atoms with Crippen LogP contribution in [0.1, 0.15) is 11.3 Å². The Balaban J connectivity index is 1.38. The molecule has 2 aromatic heterocycles. The molecule has 8 heteroatoms. The van der Waals surface area contributed by atoms with Crippen molar-refractivity contribution >= 4 is 28.6 Å². The van der Waals surface area contributed by atoms with Crippen molar-refractivity contribution in [2.75, 3.05) is 24.6 Å². The third-order valence-electron chi connectivity index (χ3n) is 4.79. The van der Waals surface area contributed by atoms with Gasteiger partial charge >= 0.3 is 0 Å². The number of aromatic nitrogens is 4. The second kappa shape index (κ2) is 7.22. The Hall–Kier alpha value is -2.16. The van der Waals surface area contributed by atoms with E-state index in [2.05, 4.69) is 56.3 Å². The minimum absolute atomic E-state index is 0.246. The molecule has 0 bridgehead atoms. The second-order valence-electron chi connectivity index (χ2n) is 6.80. The fourth-order valence-corrected chi connectivity index (χ4v) is 4.37. The maximum atomic E-state index is 10.4. The molecule has 0 radical (unpaired) electrons. The van der Waals surface area contributed by atoms with Gasteiger partial charge in [0, 0.05) is 36.2 Å². The molecule has 1 fully saturated rings. The minimum atomic E-state index is -0.318. The third-order valence-corrected chi connectivity index (χ3v) is 5.99. The van der Waals surface area contributed by atoms with Crippen molar-refractivity contribution in [1.82, 2.24) is 25.1 Å². The van der Waals surface area contributed by atoms with Crippen LogP contribution in [0.5, 0.6) is 0 Å². The number of nitrogen functional groups attached to an aromatic ring is 1. The van der Waals surface area contributed by atoms with Gasteiger partial charge in [-0.3, -0.25) is 10.00 Å². The third kappa shape index (κ3) is 3.53. The fraction of sp³-hybridized carbons (Fsp3) is 0.389. The molecule has 0 unspecified atom stereocenters. The summed E-state index contributed by atoms with van der Waals surface area (Å²) in [7, 11) is 0. The van der Waals surface area contributed by atoms with E-state index in [1.165, 1.54) is 16.8 Å². The van der Waals surface area contributed by atoms with Crippen LogP contribution in [0.25, 0.3) is 11.0 Å². The van der Waals surface area contributed by atoms with Crippen LogP contribution in [-0.2, 0) is 6.54 Å². The molecule has 1 saturated heterocycles. The summed E-state index contributed by atoms with van der Waals surface area (Å²) in [5.41, 5.74) is 9.37. The van der Waals surface area contributed by atoms with Gasteiger partial charge < -0.3 is 10.8 Å². The molecule has 0 spiro atoms. The zero-order valence-electron chi connectivity index (χ0n) is 14.6. The lowest BCUT2D eigenvalue weighted by Gasteiger charge is -2.14. The zero-order chi connectivity index (χ0) is 18.1. The summed E-state index contributed by atoms with van der Waals surface area (Å²) in [6.07, 6.45) is 1.14. The number of nitrogens with one attached hydrogen (secondary N) is 1. The predicted octanol–water partition coefficient (Wildman–Crippen LogP) is 1.83. The molecule has 1 aromatic carbocycles. The fourth-order valence-electron chi connectivity index (χ4n) is 3.31. The second-order valence-corrected chi connectivity index (χ2v) is 7.90. The van der Waals surface area contributed by atoms with Crippen LogP contribution in [0.4, 0.5) is 5.82 Å². The van der Waals surface area contributed by atoms with Crippen molar-refractivity contribution in [2.45, 2.75) is 24.5 Å². The molecule has 1 aliphatic heterocycles. The van der Waals surface area contributed by atoms with Gasteiger partial charge in [0.1, 0.15) is 11.8 Å². The number of aliphatic hydroxyl groups excluding tert-OH is 1. The molecule has 0 amide bonds. The van der Waals surface area contributed by atoms with Gasteiger partial charge in [0.2, 0.25) is 0 Å². The molecule has 4 N–H and O–H groups in total. The van der Waals surface area contributed by atoms with Gasteiger partial charge in [0.15, 0.2) is 11.3 Å². The standard InChI is InChI=1S/C18H22N6OS/c1-11-2-4-13(5-3-11)26-9-12-6-24(8-15(12)25)7-14-16-17(23-22-14)18(19)21-10-20-16/h2-5,10,12,15,25H,6-9H2,1H3,(H,22,23)(H2,19,20,21)/t12-,15+/m0/s1. The summed E-state index contributed by atoms with van der Waals surface area (Å²) in [4.78, 5) is 11.7. The topological polar surface area (TPSA) is 104 Å². The van der Waals surface area contributed by atoms with Gasteiger partial charge in [-0.1, -0.05) is 17.7 Å². The highest BCUT2D eigenvalue weighted by atomic mass is 32.2. The molecule has 136 valence electrons. The highest BCUT2D eigenvalue weighted by molar-refractivity contribution is 7.99. The van der Waals surface area contributed by atoms with Gasteiger partial charge in [-0.25, -0.2) is 9.97 Å². The first kappa shape index (κ1) is 17.3. The lowest BCUT2D eigenvalue weighted by atomic mass is 10.1. The Morgan fingerprint density at radius 3 is 2.85 bits per heavy atom. The highest BCUT2D eigenvalue weighted by Crippen LogP contribution is 2.28. The van der Waals surface area contributed by atoms with E-state index in [1.54, 1.807) is 11.8 Å². The van der Waals surface area contributed by atoms with Crippen LogP contribution in [0.15, 0.2) is 35.5 Å². The van der Waals surface area contributed by atoms with Crippen LogP contribution in [0.3, 0.4) is 0 Å². The number of likely N-dealkylation sites (tertiary alicyclic amines) is 1. The summed E-state index contributed by atoms with van der Waals surface area (Å²) < 4.78 is 0. The van der Waals surface area contributed by atoms with E-state index in [4.69, 9.17) is 5.73 Å². The van der Waals surface area contributed by atoms with Crippen LogP contribution >= 0.6 is 11.8 Å². The Bertz CT molecular complexity index is 896. The number of aryl methyl sites for hydroxylation is 1. The first-order valence-corrected chi connectivity index (χ1v) is 9.62. The van der Waals surface area contributed by atoms with E-state index in [0.29, 0.717) is 24.4 Å². The number of hydrogen-bond donors (Lipinski definition) is 3. The molecule has 3 aromatic rings. The number of aliphatic hydroxyl groups is 1. The number of benzene rings is 1. The molecule has 26 heavy (non-hydrogen) atoms. The number of thioether (sulfide) groups is 1. The van der Waals surface area contributed by atoms with Gasteiger partial charge in [0.25, 0.3) is 0 Å². The lowest BCUT2D eigenvalue weighted by molar-refractivity contribution is 0.149. The maximum absolute atomic E-state index is 10.4. The smallest absolute Gasteiger partial charge is 0.155 e. The van der Waals surface area contributed by atoms with E-state index in [9.17, 15) is 5.11 Å². The summed E-state index contributed by atoms with van der Waals surface area (Å²) >= 11 is 1.80. The quantitative estimate of drug-likeness (QED) is 0.589. The van der Waals surface area contributed by atoms with Crippen LogP contribution in [-0.4, -0.2) is 55.1 Å². The van der Waals surface area contributed by atoms with E-state index >= 15 is 0 Å². The molecule has 1 aliphatic rings. The Morgan fingerprint density at radius 1 is 1.23 bits per heavy atom. The number of rotatable bonds is 5. The minimum Gasteiger partial charge on any atom is -0.391 e. The molecule has 3 heterocycles. The number of H-pyrrole nitrogens is 1. The largest absolute Gasteiger partial charge is 0.391 e. The van der Waals surface area contributed by atoms with Crippen molar-refractivity contribution in [3.05, 3.63) is 41.9 Å². The number of aromatic amines is 1. The van der Waals surface area contributed by atoms with Crippen LogP contribution in [0.2, 0.25) is 0 Å². The molecular formula is C18H22N6OS. The lowest BCUT2D eigenvalue weighted by Crippen LogP contribution is -2.21. The first-order chi connectivity index (χ1) is 12.6. The Morgan fingerprint density at radius 2 is 2.04 bits per heavy atom. The maximum Gasteiger partial charge on any atom is 0.155 e. The van der Waals surface area contributed by atoms with Crippen molar-refractivity contribution in [1.29, 1.82) is 0 Å². The van der Waals surface area contributed by atoms with Crippen molar-refractivity contribution in [3.8, 4) is 0 Å².